The van der Waals surface area contributed by atoms with Gasteiger partial charge in [0.25, 0.3) is 0 Å². The lowest BCUT2D eigenvalue weighted by Crippen LogP contribution is -2.10. The van der Waals surface area contributed by atoms with E-state index in [0.29, 0.717) is 0 Å². The highest BCUT2D eigenvalue weighted by Gasteiger charge is 2.10. The van der Waals surface area contributed by atoms with Crippen LogP contribution < -0.4 is 5.73 Å². The molecule has 0 amide bonds. The van der Waals surface area contributed by atoms with E-state index < -0.39 is 0 Å². The Hall–Kier alpha value is -1.61. The minimum absolute atomic E-state index is 0.196. The van der Waals surface area contributed by atoms with E-state index in [1.807, 2.05) is 24.3 Å². The average molecular weight is 174 g/mol. The van der Waals surface area contributed by atoms with Crippen molar-refractivity contribution in [2.24, 2.45) is 5.73 Å². The van der Waals surface area contributed by atoms with E-state index in [-0.39, 0.29) is 6.04 Å². The first-order chi connectivity index (χ1) is 6.38. The van der Waals surface area contributed by atoms with Gasteiger partial charge < -0.3 is 10.2 Å². The zero-order chi connectivity index (χ0) is 9.10. The molecular weight excluding hydrogens is 164 g/mol. The molecule has 0 unspecified atom stereocenters. The van der Waals surface area contributed by atoms with E-state index in [9.17, 15) is 0 Å². The van der Waals surface area contributed by atoms with Crippen LogP contribution in [0.1, 0.15) is 17.4 Å². The summed E-state index contributed by atoms with van der Waals surface area (Å²) in [5.41, 5.74) is 6.94. The van der Waals surface area contributed by atoms with Gasteiger partial charge in [-0.1, -0.05) is 0 Å². The predicted molar refractivity (Wildman–Crippen MR) is 49.0 cm³/mol. The molecule has 0 saturated carbocycles. The summed E-state index contributed by atoms with van der Waals surface area (Å²) >= 11 is 0. The van der Waals surface area contributed by atoms with Gasteiger partial charge >= 0.3 is 0 Å². The van der Waals surface area contributed by atoms with E-state index in [4.69, 9.17) is 10.2 Å². The summed E-state index contributed by atoms with van der Waals surface area (Å²) in [6, 6.07) is 7.26. The lowest BCUT2D eigenvalue weighted by atomic mass is 10.1. The van der Waals surface area contributed by atoms with Crippen LogP contribution >= 0.6 is 0 Å². The summed E-state index contributed by atoms with van der Waals surface area (Å²) < 4.78 is 5.20. The predicted octanol–water partition coefficient (Wildman–Crippen LogP) is 1.72. The summed E-state index contributed by atoms with van der Waals surface area (Å²) in [6.45, 7) is 0. The highest BCUT2D eigenvalue weighted by atomic mass is 16.3. The molecule has 0 radical (unpaired) electrons. The van der Waals surface area contributed by atoms with Crippen molar-refractivity contribution in [2.75, 3.05) is 0 Å². The first-order valence-corrected chi connectivity index (χ1v) is 4.07. The Labute approximate surface area is 76.2 Å². The molecule has 3 nitrogen and oxygen atoms in total. The fourth-order valence-corrected chi connectivity index (χ4v) is 1.20. The van der Waals surface area contributed by atoms with Crippen LogP contribution in [-0.2, 0) is 0 Å². The highest BCUT2D eigenvalue weighted by Crippen LogP contribution is 2.18. The maximum Gasteiger partial charge on any atom is 0.124 e. The van der Waals surface area contributed by atoms with E-state index in [2.05, 4.69) is 4.98 Å². The van der Waals surface area contributed by atoms with Crippen LogP contribution in [-0.4, -0.2) is 4.98 Å². The smallest absolute Gasteiger partial charge is 0.124 e. The van der Waals surface area contributed by atoms with E-state index >= 15 is 0 Å². The van der Waals surface area contributed by atoms with Gasteiger partial charge in [-0.25, -0.2) is 0 Å². The van der Waals surface area contributed by atoms with Gasteiger partial charge in [0.05, 0.1) is 12.3 Å². The minimum Gasteiger partial charge on any atom is -0.467 e. The topological polar surface area (TPSA) is 52.0 Å². The van der Waals surface area contributed by atoms with Crippen LogP contribution in [0, 0.1) is 0 Å². The van der Waals surface area contributed by atoms with Crippen molar-refractivity contribution in [3.05, 3.63) is 54.2 Å². The lowest BCUT2D eigenvalue weighted by molar-refractivity contribution is 0.489. The normalized spacial score (nSPS) is 12.7. The second-order valence-corrected chi connectivity index (χ2v) is 2.77. The first kappa shape index (κ1) is 8.01. The number of furan rings is 1. The molecule has 3 heteroatoms. The van der Waals surface area contributed by atoms with Crippen molar-refractivity contribution in [1.82, 2.24) is 4.98 Å². The summed E-state index contributed by atoms with van der Waals surface area (Å²) in [7, 11) is 0. The van der Waals surface area contributed by atoms with Crippen molar-refractivity contribution in [3.63, 3.8) is 0 Å². The van der Waals surface area contributed by atoms with Gasteiger partial charge in [0.15, 0.2) is 0 Å². The van der Waals surface area contributed by atoms with Gasteiger partial charge in [-0.3, -0.25) is 4.98 Å². The monoisotopic (exact) mass is 174 g/mol. The third-order valence-electron chi connectivity index (χ3n) is 1.91. The van der Waals surface area contributed by atoms with Crippen molar-refractivity contribution >= 4 is 0 Å². The molecule has 2 N–H and O–H groups in total. The standard InChI is InChI=1S/C10H10N2O/c11-10(9-2-1-7-13-9)8-3-5-12-6-4-8/h1-7,10H,11H2/t10-/m1/s1. The number of aromatic nitrogens is 1. The Balaban J connectivity index is 2.29. The number of rotatable bonds is 2. The van der Waals surface area contributed by atoms with Crippen LogP contribution in [0.15, 0.2) is 47.3 Å². The molecule has 0 saturated heterocycles. The average Bonchev–Trinajstić information content (AvgIpc) is 2.71. The molecule has 0 aliphatic heterocycles. The summed E-state index contributed by atoms with van der Waals surface area (Å²) in [5.74, 6) is 0.770. The molecule has 1 atom stereocenters. The molecule has 0 bridgehead atoms. The number of nitrogens with zero attached hydrogens (tertiary/aromatic N) is 1. The molecule has 0 spiro atoms. The number of hydrogen-bond acceptors (Lipinski definition) is 3. The quantitative estimate of drug-likeness (QED) is 0.754. The molecule has 0 fully saturated rings. The lowest BCUT2D eigenvalue weighted by Gasteiger charge is -2.07. The summed E-state index contributed by atoms with van der Waals surface area (Å²) in [6.07, 6.45) is 5.06. The van der Waals surface area contributed by atoms with Crippen molar-refractivity contribution in [3.8, 4) is 0 Å². The zero-order valence-electron chi connectivity index (χ0n) is 7.05. The van der Waals surface area contributed by atoms with Crippen LogP contribution in [0.4, 0.5) is 0 Å². The second kappa shape index (κ2) is 3.41. The van der Waals surface area contributed by atoms with Crippen LogP contribution in [0.3, 0.4) is 0 Å². The molecule has 0 aliphatic carbocycles. The highest BCUT2D eigenvalue weighted by molar-refractivity contribution is 5.23. The summed E-state index contributed by atoms with van der Waals surface area (Å²) in [4.78, 5) is 3.92. The number of pyridine rings is 1. The summed E-state index contributed by atoms with van der Waals surface area (Å²) in [5, 5.41) is 0. The zero-order valence-corrected chi connectivity index (χ0v) is 7.05. The van der Waals surface area contributed by atoms with Crippen molar-refractivity contribution in [1.29, 1.82) is 0 Å². The molecule has 66 valence electrons. The Kier molecular flexibility index (Phi) is 2.10. The van der Waals surface area contributed by atoms with E-state index in [0.717, 1.165) is 11.3 Å². The third-order valence-corrected chi connectivity index (χ3v) is 1.91. The van der Waals surface area contributed by atoms with Crippen LogP contribution in [0.2, 0.25) is 0 Å². The van der Waals surface area contributed by atoms with Gasteiger partial charge in [0.1, 0.15) is 5.76 Å². The van der Waals surface area contributed by atoms with Gasteiger partial charge in [-0.2, -0.15) is 0 Å². The molecular formula is C10H10N2O. The third kappa shape index (κ3) is 1.60. The van der Waals surface area contributed by atoms with Gasteiger partial charge in [0, 0.05) is 12.4 Å². The number of nitrogens with two attached hydrogens (primary N) is 1. The molecule has 2 heterocycles. The van der Waals surface area contributed by atoms with Gasteiger partial charge in [0.2, 0.25) is 0 Å². The maximum atomic E-state index is 5.94. The molecule has 2 rings (SSSR count). The molecule has 0 aliphatic rings. The Bertz CT molecular complexity index is 356. The Morgan fingerprint density at radius 3 is 2.62 bits per heavy atom. The Morgan fingerprint density at radius 1 is 1.23 bits per heavy atom. The van der Waals surface area contributed by atoms with Crippen molar-refractivity contribution in [2.45, 2.75) is 6.04 Å². The largest absolute Gasteiger partial charge is 0.467 e. The van der Waals surface area contributed by atoms with E-state index in [1.165, 1.54) is 0 Å². The SMILES string of the molecule is N[C@H](c1ccncc1)c1ccco1. The van der Waals surface area contributed by atoms with Gasteiger partial charge in [-0.15, -0.1) is 0 Å². The Morgan fingerprint density at radius 2 is 2.00 bits per heavy atom. The maximum absolute atomic E-state index is 5.94. The van der Waals surface area contributed by atoms with Crippen molar-refractivity contribution < 1.29 is 4.42 Å². The van der Waals surface area contributed by atoms with E-state index in [1.54, 1.807) is 18.7 Å². The second-order valence-electron chi connectivity index (χ2n) is 2.77. The minimum atomic E-state index is -0.196. The van der Waals surface area contributed by atoms with Gasteiger partial charge in [-0.05, 0) is 29.8 Å². The van der Waals surface area contributed by atoms with Crippen LogP contribution in [0.25, 0.3) is 0 Å². The molecule has 2 aromatic rings. The molecule has 0 aromatic carbocycles. The fourth-order valence-electron chi connectivity index (χ4n) is 1.20. The van der Waals surface area contributed by atoms with Crippen LogP contribution in [0.5, 0.6) is 0 Å². The fraction of sp³-hybridized carbons (Fsp3) is 0.100. The number of hydrogen-bond donors (Lipinski definition) is 1. The molecule has 13 heavy (non-hydrogen) atoms. The first-order valence-electron chi connectivity index (χ1n) is 4.07. The molecule has 2 aromatic heterocycles.